The molecule has 17 nitrogen and oxygen atoms in total. The number of ether oxygens (including phenoxy) is 4. The van der Waals surface area contributed by atoms with Crippen molar-refractivity contribution in [2.75, 3.05) is 39.6 Å². The molecule has 0 heterocycles. The highest BCUT2D eigenvalue weighted by atomic mass is 31.2. The Hall–Kier alpha value is -1.94. The number of unbranched alkanes of at least 4 members (excludes halogenated alkanes) is 36. The van der Waals surface area contributed by atoms with Crippen LogP contribution in [-0.2, 0) is 65.4 Å². The van der Waals surface area contributed by atoms with Crippen LogP contribution in [0.3, 0.4) is 0 Å². The van der Waals surface area contributed by atoms with Gasteiger partial charge in [0.1, 0.15) is 19.3 Å². The van der Waals surface area contributed by atoms with Gasteiger partial charge in [-0.25, -0.2) is 9.13 Å². The monoisotopic (exact) mass is 1350 g/mol. The van der Waals surface area contributed by atoms with E-state index in [9.17, 15) is 43.2 Å². The number of aliphatic hydroxyl groups is 1. The van der Waals surface area contributed by atoms with E-state index in [1.165, 1.54) is 161 Å². The van der Waals surface area contributed by atoms with Gasteiger partial charge in [-0.05, 0) is 49.4 Å². The van der Waals surface area contributed by atoms with E-state index in [0.717, 1.165) is 114 Å². The molecule has 5 atom stereocenters. The summed E-state index contributed by atoms with van der Waals surface area (Å²) in [6.45, 7) is 14.1. The Morgan fingerprint density at radius 2 is 0.457 bits per heavy atom. The van der Waals surface area contributed by atoms with Gasteiger partial charge in [0.2, 0.25) is 0 Å². The van der Waals surface area contributed by atoms with Gasteiger partial charge in [0.15, 0.2) is 12.2 Å². The number of esters is 4. The predicted octanol–water partition coefficient (Wildman–Crippen LogP) is 20.9. The van der Waals surface area contributed by atoms with Gasteiger partial charge < -0.3 is 33.8 Å². The maximum Gasteiger partial charge on any atom is 0.472 e. The second-order valence-corrected chi connectivity index (χ2v) is 31.1. The fourth-order valence-corrected chi connectivity index (χ4v) is 12.6. The van der Waals surface area contributed by atoms with Crippen molar-refractivity contribution in [3.63, 3.8) is 0 Å². The third-order valence-corrected chi connectivity index (χ3v) is 18.7. The normalized spacial score (nSPS) is 14.2. The van der Waals surface area contributed by atoms with Crippen molar-refractivity contribution in [1.29, 1.82) is 0 Å². The van der Waals surface area contributed by atoms with Crippen LogP contribution < -0.4 is 0 Å². The standard InChI is InChI=1S/C73H142O17P2/c1-63(2)49-41-33-25-19-13-11-9-10-12-14-22-28-37-45-53-70(75)83-59-68(89-72(77)55-47-39-29-23-17-15-20-26-34-42-50-64(3)4)61-87-91(79,80)85-57-67(74)58-86-92(81,82)88-62-69(60-84-71(76)54-46-38-32-31-36-44-52-66(7)8)90-73(78)56-48-40-30-24-18-16-21-27-35-43-51-65(5)6/h63-69,74H,9-62H2,1-8H3,(H,79,80)(H,81,82)/t67-,68-,69-/m1/s1. The second kappa shape index (κ2) is 62.6. The molecular formula is C73H142O17P2. The lowest BCUT2D eigenvalue weighted by atomic mass is 10.0. The number of hydrogen-bond donors (Lipinski definition) is 3. The molecule has 0 fully saturated rings. The third kappa shape index (κ3) is 66.7. The highest BCUT2D eigenvalue weighted by Crippen LogP contribution is 2.45. The Bertz CT molecular complexity index is 1820. The molecule has 0 saturated carbocycles. The summed E-state index contributed by atoms with van der Waals surface area (Å²) < 4.78 is 68.4. The minimum atomic E-state index is -4.96. The van der Waals surface area contributed by atoms with Gasteiger partial charge in [-0.2, -0.15) is 0 Å². The summed E-state index contributed by atoms with van der Waals surface area (Å²) in [5, 5.41) is 10.6. The first-order valence-corrected chi connectivity index (χ1v) is 40.7. The van der Waals surface area contributed by atoms with Crippen LogP contribution in [0.4, 0.5) is 0 Å². The number of aliphatic hydroxyl groups excluding tert-OH is 1. The number of rotatable bonds is 70. The lowest BCUT2D eigenvalue weighted by Crippen LogP contribution is -2.30. The van der Waals surface area contributed by atoms with E-state index in [4.69, 9.17) is 37.0 Å². The molecule has 2 unspecified atom stereocenters. The van der Waals surface area contributed by atoms with Gasteiger partial charge in [0.25, 0.3) is 0 Å². The summed E-state index contributed by atoms with van der Waals surface area (Å²) >= 11 is 0. The van der Waals surface area contributed by atoms with Gasteiger partial charge in [-0.1, -0.05) is 312 Å². The molecule has 0 amide bonds. The van der Waals surface area contributed by atoms with Crippen LogP contribution in [0.1, 0.15) is 364 Å². The van der Waals surface area contributed by atoms with Crippen molar-refractivity contribution in [3.05, 3.63) is 0 Å². The first kappa shape index (κ1) is 90.1. The van der Waals surface area contributed by atoms with Crippen LogP contribution in [0.5, 0.6) is 0 Å². The van der Waals surface area contributed by atoms with Gasteiger partial charge in [0, 0.05) is 25.7 Å². The predicted molar refractivity (Wildman–Crippen MR) is 372 cm³/mol. The lowest BCUT2D eigenvalue weighted by Gasteiger charge is -2.21. The lowest BCUT2D eigenvalue weighted by molar-refractivity contribution is -0.161. The first-order chi connectivity index (χ1) is 44.1. The zero-order valence-corrected chi connectivity index (χ0v) is 62.0. The van der Waals surface area contributed by atoms with E-state index in [-0.39, 0.29) is 25.7 Å². The Kier molecular flexibility index (Phi) is 61.3. The second-order valence-electron chi connectivity index (χ2n) is 28.2. The van der Waals surface area contributed by atoms with Crippen LogP contribution in [0.25, 0.3) is 0 Å². The summed E-state index contributed by atoms with van der Waals surface area (Å²) in [5.41, 5.74) is 0. The van der Waals surface area contributed by atoms with E-state index < -0.39 is 97.5 Å². The summed E-state index contributed by atoms with van der Waals surface area (Å²) in [6, 6.07) is 0. The summed E-state index contributed by atoms with van der Waals surface area (Å²) in [7, 11) is -9.91. The molecular weight excluding hydrogens is 1210 g/mol. The Labute approximate surface area is 562 Å². The third-order valence-electron chi connectivity index (χ3n) is 16.8. The molecule has 3 N–H and O–H groups in total. The van der Waals surface area contributed by atoms with Crippen LogP contribution >= 0.6 is 15.6 Å². The molecule has 0 aromatic rings. The topological polar surface area (TPSA) is 237 Å². The molecule has 0 rings (SSSR count). The minimum absolute atomic E-state index is 0.104. The molecule has 0 spiro atoms. The van der Waals surface area contributed by atoms with Crippen molar-refractivity contribution in [1.82, 2.24) is 0 Å². The van der Waals surface area contributed by atoms with Crippen molar-refractivity contribution in [2.45, 2.75) is 382 Å². The molecule has 546 valence electrons. The van der Waals surface area contributed by atoms with Crippen LogP contribution in [0.2, 0.25) is 0 Å². The van der Waals surface area contributed by atoms with Gasteiger partial charge in [0.05, 0.1) is 26.4 Å². The first-order valence-electron chi connectivity index (χ1n) is 37.7. The molecule has 0 radical (unpaired) electrons. The van der Waals surface area contributed by atoms with E-state index >= 15 is 0 Å². The summed E-state index contributed by atoms with van der Waals surface area (Å²) in [4.78, 5) is 72.6. The fourth-order valence-electron chi connectivity index (χ4n) is 11.0. The SMILES string of the molecule is CC(C)CCCCCCCCCCCCCCCCC(=O)OC[C@H](COP(=O)(O)OC[C@@H](O)COP(=O)(O)OC[C@@H](COC(=O)CCCCCCCCC(C)C)OC(=O)CCCCCCCCCCCCC(C)C)OC(=O)CCCCCCCCCCCCC(C)C. The zero-order valence-electron chi connectivity index (χ0n) is 60.2. The largest absolute Gasteiger partial charge is 0.472 e. The van der Waals surface area contributed by atoms with E-state index in [1.54, 1.807) is 0 Å². The Balaban J connectivity index is 5.23. The number of carbonyl (C=O) groups is 4. The molecule has 0 aromatic carbocycles. The summed E-state index contributed by atoms with van der Waals surface area (Å²) in [5.74, 6) is 0.856. The number of carbonyl (C=O) groups excluding carboxylic acids is 4. The van der Waals surface area contributed by atoms with Crippen molar-refractivity contribution in [2.24, 2.45) is 23.7 Å². The fraction of sp³-hybridized carbons (Fsp3) is 0.945. The van der Waals surface area contributed by atoms with Crippen molar-refractivity contribution < 1.29 is 80.2 Å². The molecule has 0 bridgehead atoms. The van der Waals surface area contributed by atoms with E-state index in [2.05, 4.69) is 55.4 Å². The molecule has 19 heteroatoms. The maximum absolute atomic E-state index is 13.0. The highest BCUT2D eigenvalue weighted by Gasteiger charge is 2.30. The Morgan fingerprint density at radius 1 is 0.272 bits per heavy atom. The van der Waals surface area contributed by atoms with Crippen molar-refractivity contribution in [3.8, 4) is 0 Å². The van der Waals surface area contributed by atoms with Crippen LogP contribution in [-0.4, -0.2) is 96.7 Å². The zero-order chi connectivity index (χ0) is 68.2. The maximum atomic E-state index is 13.0. The van der Waals surface area contributed by atoms with Crippen LogP contribution in [0, 0.1) is 23.7 Å². The number of phosphoric ester groups is 2. The van der Waals surface area contributed by atoms with Crippen molar-refractivity contribution >= 4 is 39.5 Å². The minimum Gasteiger partial charge on any atom is -0.462 e. The van der Waals surface area contributed by atoms with Gasteiger partial charge >= 0.3 is 39.5 Å². The molecule has 0 aliphatic heterocycles. The molecule has 0 aliphatic rings. The highest BCUT2D eigenvalue weighted by molar-refractivity contribution is 7.47. The van der Waals surface area contributed by atoms with E-state index in [1.807, 2.05) is 0 Å². The quantitative estimate of drug-likeness (QED) is 0.0222. The van der Waals surface area contributed by atoms with Gasteiger partial charge in [-0.15, -0.1) is 0 Å². The van der Waals surface area contributed by atoms with Gasteiger partial charge in [-0.3, -0.25) is 37.3 Å². The number of hydrogen-bond acceptors (Lipinski definition) is 15. The Morgan fingerprint density at radius 3 is 0.674 bits per heavy atom. The average molecular weight is 1350 g/mol. The number of phosphoric acid groups is 2. The molecule has 0 saturated heterocycles. The molecule has 0 aliphatic carbocycles. The van der Waals surface area contributed by atoms with E-state index in [0.29, 0.717) is 31.6 Å². The van der Waals surface area contributed by atoms with Crippen LogP contribution in [0.15, 0.2) is 0 Å². The smallest absolute Gasteiger partial charge is 0.462 e. The summed E-state index contributed by atoms with van der Waals surface area (Å²) in [6.07, 6.45) is 46.0. The molecule has 0 aromatic heterocycles. The molecule has 92 heavy (non-hydrogen) atoms. The average Bonchev–Trinajstić information content (AvgIpc) is 2.41.